The smallest absolute Gasteiger partial charge is 0.355 e. The molecule has 0 fully saturated rings. The fourth-order valence-corrected chi connectivity index (χ4v) is 7.55. The van der Waals surface area contributed by atoms with Crippen LogP contribution < -0.4 is 20.2 Å². The van der Waals surface area contributed by atoms with Gasteiger partial charge in [0.2, 0.25) is 0 Å². The number of fused-ring (bicyclic) bond motifs is 2. The molecule has 1 atom stereocenters. The highest BCUT2D eigenvalue weighted by molar-refractivity contribution is 7.21. The standard InChI is InChI=1S/C31H28ClN3O7S2/c1-4-41-30(38)24-18-11-9-16(2)13-23(18)44-29(24)34-27(36)28(37)35-33-15-17-10-12-20(21(14-17)40-3)42-31(39)26-25(32)19-7-5-6-8-22(19)43-26/h5-8,10,12,14-16H,4,9,11,13H2,1-3H3,(H,34,36)(H,35,37)/b33-15-/t16-/m1/s1. The minimum atomic E-state index is -1.02. The second-order valence-corrected chi connectivity index (χ2v) is 12.5. The lowest BCUT2D eigenvalue weighted by molar-refractivity contribution is -0.136. The van der Waals surface area contributed by atoms with Crippen LogP contribution in [0.2, 0.25) is 5.02 Å². The molecule has 1 aliphatic carbocycles. The SMILES string of the molecule is CCOC(=O)c1c(NC(=O)C(=O)N/N=C\c2ccc(OC(=O)c3sc4ccccc4c3Cl)c(OC)c2)sc2c1CC[C@@H](C)C2. The van der Waals surface area contributed by atoms with E-state index in [1.54, 1.807) is 19.1 Å². The lowest BCUT2D eigenvalue weighted by Crippen LogP contribution is -2.32. The van der Waals surface area contributed by atoms with Gasteiger partial charge in [-0.2, -0.15) is 5.10 Å². The van der Waals surface area contributed by atoms with Gasteiger partial charge in [0.15, 0.2) is 11.5 Å². The minimum absolute atomic E-state index is 0.164. The Labute approximate surface area is 266 Å². The largest absolute Gasteiger partial charge is 0.493 e. The average Bonchev–Trinajstić information content (AvgIpc) is 3.54. The lowest BCUT2D eigenvalue weighted by Gasteiger charge is -2.18. The van der Waals surface area contributed by atoms with Crippen LogP contribution in [0.15, 0.2) is 47.6 Å². The van der Waals surface area contributed by atoms with Gasteiger partial charge in [0, 0.05) is 15.0 Å². The van der Waals surface area contributed by atoms with Gasteiger partial charge in [-0.1, -0.05) is 36.7 Å². The summed E-state index contributed by atoms with van der Waals surface area (Å²) in [6, 6.07) is 12.1. The van der Waals surface area contributed by atoms with Gasteiger partial charge in [-0.3, -0.25) is 9.59 Å². The van der Waals surface area contributed by atoms with E-state index in [4.69, 9.17) is 25.8 Å². The fraction of sp³-hybridized carbons (Fsp3) is 0.258. The van der Waals surface area contributed by atoms with Crippen LogP contribution in [0, 0.1) is 5.92 Å². The maximum absolute atomic E-state index is 12.9. The topological polar surface area (TPSA) is 132 Å². The third-order valence-corrected chi connectivity index (χ3v) is 9.74. The molecule has 1 aliphatic rings. The van der Waals surface area contributed by atoms with Crippen molar-refractivity contribution in [1.82, 2.24) is 5.43 Å². The van der Waals surface area contributed by atoms with Gasteiger partial charge < -0.3 is 19.5 Å². The first-order chi connectivity index (χ1) is 21.2. The van der Waals surface area contributed by atoms with Crippen LogP contribution in [0.3, 0.4) is 0 Å². The Balaban J connectivity index is 1.23. The molecular weight excluding hydrogens is 626 g/mol. The average molecular weight is 654 g/mol. The van der Waals surface area contributed by atoms with Crippen molar-refractivity contribution in [2.24, 2.45) is 11.0 Å². The number of nitrogens with zero attached hydrogens (tertiary/aromatic N) is 1. The molecule has 13 heteroatoms. The molecule has 44 heavy (non-hydrogen) atoms. The van der Waals surface area contributed by atoms with Crippen molar-refractivity contribution in [2.45, 2.75) is 33.1 Å². The molecule has 0 saturated heterocycles. The van der Waals surface area contributed by atoms with E-state index in [1.165, 1.54) is 42.1 Å². The summed E-state index contributed by atoms with van der Waals surface area (Å²) in [4.78, 5) is 52.1. The number of benzene rings is 2. The maximum Gasteiger partial charge on any atom is 0.355 e. The van der Waals surface area contributed by atoms with E-state index in [0.717, 1.165) is 33.4 Å². The number of carbonyl (C=O) groups excluding carboxylic acids is 4. The van der Waals surface area contributed by atoms with E-state index < -0.39 is 23.8 Å². The van der Waals surface area contributed by atoms with Crippen LogP contribution in [0.25, 0.3) is 10.1 Å². The summed E-state index contributed by atoms with van der Waals surface area (Å²) < 4.78 is 17.0. The quantitative estimate of drug-likeness (QED) is 0.0757. The van der Waals surface area contributed by atoms with Crippen molar-refractivity contribution in [3.05, 3.63) is 73.9 Å². The van der Waals surface area contributed by atoms with Gasteiger partial charge >= 0.3 is 23.8 Å². The van der Waals surface area contributed by atoms with Crippen molar-refractivity contribution < 1.29 is 33.4 Å². The van der Waals surface area contributed by atoms with Crippen molar-refractivity contribution >= 4 is 79.3 Å². The first-order valence-electron chi connectivity index (χ1n) is 13.7. The molecule has 2 amide bonds. The summed E-state index contributed by atoms with van der Waals surface area (Å²) >= 11 is 8.93. The van der Waals surface area contributed by atoms with Crippen LogP contribution >= 0.6 is 34.3 Å². The van der Waals surface area contributed by atoms with Gasteiger partial charge in [0.05, 0.1) is 30.5 Å². The van der Waals surface area contributed by atoms with Crippen LogP contribution in [-0.4, -0.2) is 43.7 Å². The summed E-state index contributed by atoms with van der Waals surface area (Å²) in [5.41, 5.74) is 3.86. The molecule has 0 saturated carbocycles. The molecule has 0 unspecified atom stereocenters. The van der Waals surface area contributed by atoms with E-state index in [0.29, 0.717) is 33.5 Å². The number of halogens is 1. The maximum atomic E-state index is 12.9. The first kappa shape index (κ1) is 31.2. The Morgan fingerprint density at radius 2 is 1.86 bits per heavy atom. The summed E-state index contributed by atoms with van der Waals surface area (Å²) in [5.74, 6) is -2.28. The third kappa shape index (κ3) is 6.62. The molecule has 4 aromatic rings. The Bertz CT molecular complexity index is 1800. The summed E-state index contributed by atoms with van der Waals surface area (Å²) in [5, 5.41) is 7.80. The molecule has 2 N–H and O–H groups in total. The van der Waals surface area contributed by atoms with E-state index in [2.05, 4.69) is 22.8 Å². The molecule has 5 rings (SSSR count). The number of ether oxygens (including phenoxy) is 3. The fourth-order valence-electron chi connectivity index (χ4n) is 4.77. The second-order valence-electron chi connectivity index (χ2n) is 9.97. The molecule has 0 bridgehead atoms. The zero-order valence-corrected chi connectivity index (χ0v) is 26.4. The number of anilines is 1. The molecule has 228 valence electrons. The zero-order valence-electron chi connectivity index (χ0n) is 24.0. The number of thiophene rings is 2. The van der Waals surface area contributed by atoms with Crippen molar-refractivity contribution in [1.29, 1.82) is 0 Å². The number of hydrazone groups is 1. The van der Waals surface area contributed by atoms with Crippen molar-refractivity contribution in [3.63, 3.8) is 0 Å². The number of methoxy groups -OCH3 is 1. The predicted octanol–water partition coefficient (Wildman–Crippen LogP) is 6.23. The van der Waals surface area contributed by atoms with Crippen molar-refractivity contribution in [2.75, 3.05) is 19.0 Å². The predicted molar refractivity (Wildman–Crippen MR) is 171 cm³/mol. The molecule has 2 heterocycles. The van der Waals surface area contributed by atoms with E-state index >= 15 is 0 Å². The molecule has 0 aliphatic heterocycles. The van der Waals surface area contributed by atoms with E-state index in [-0.39, 0.29) is 23.0 Å². The number of hydrogen-bond donors (Lipinski definition) is 2. The van der Waals surface area contributed by atoms with Crippen molar-refractivity contribution in [3.8, 4) is 11.5 Å². The zero-order chi connectivity index (χ0) is 31.4. The normalized spacial score (nSPS) is 14.2. The van der Waals surface area contributed by atoms with Crippen LogP contribution in [0.4, 0.5) is 5.00 Å². The van der Waals surface area contributed by atoms with Crippen LogP contribution in [0.5, 0.6) is 11.5 Å². The number of hydrogen-bond acceptors (Lipinski definition) is 10. The molecule has 0 spiro atoms. The van der Waals surface area contributed by atoms with Gasteiger partial charge in [-0.25, -0.2) is 15.0 Å². The van der Waals surface area contributed by atoms with Gasteiger partial charge in [0.25, 0.3) is 0 Å². The number of carbonyl (C=O) groups is 4. The highest BCUT2D eigenvalue weighted by atomic mass is 35.5. The Hall–Kier alpha value is -4.26. The summed E-state index contributed by atoms with van der Waals surface area (Å²) in [6.07, 6.45) is 3.72. The highest BCUT2D eigenvalue weighted by Gasteiger charge is 2.30. The Morgan fingerprint density at radius 3 is 2.61 bits per heavy atom. The monoisotopic (exact) mass is 653 g/mol. The van der Waals surface area contributed by atoms with Gasteiger partial charge in [0.1, 0.15) is 9.88 Å². The molecule has 2 aromatic heterocycles. The first-order valence-corrected chi connectivity index (χ1v) is 15.7. The third-order valence-electron chi connectivity index (χ3n) is 6.91. The minimum Gasteiger partial charge on any atom is -0.493 e. The van der Waals surface area contributed by atoms with Gasteiger partial charge in [-0.05, 0) is 67.5 Å². The highest BCUT2D eigenvalue weighted by Crippen LogP contribution is 2.40. The van der Waals surface area contributed by atoms with Gasteiger partial charge in [-0.15, -0.1) is 22.7 Å². The van der Waals surface area contributed by atoms with E-state index in [1.807, 2.05) is 24.3 Å². The number of amides is 2. The van der Waals surface area contributed by atoms with Crippen LogP contribution in [-0.2, 0) is 27.2 Å². The number of esters is 2. The molecule has 0 radical (unpaired) electrons. The summed E-state index contributed by atoms with van der Waals surface area (Å²) in [6.45, 7) is 4.03. The Kier molecular flexibility index (Phi) is 9.62. The number of nitrogens with one attached hydrogen (secondary N) is 2. The number of rotatable bonds is 8. The molecule has 2 aromatic carbocycles. The van der Waals surface area contributed by atoms with E-state index in [9.17, 15) is 19.2 Å². The second kappa shape index (κ2) is 13.6. The lowest BCUT2D eigenvalue weighted by atomic mass is 9.88. The molecular formula is C31H28ClN3O7S2. The Morgan fingerprint density at radius 1 is 1.07 bits per heavy atom. The summed E-state index contributed by atoms with van der Waals surface area (Å²) in [7, 11) is 1.42. The van der Waals surface area contributed by atoms with Crippen LogP contribution in [0.1, 0.15) is 56.3 Å². The molecule has 10 nitrogen and oxygen atoms in total.